The van der Waals surface area contributed by atoms with E-state index < -0.39 is 0 Å². The Morgan fingerprint density at radius 1 is 0.193 bits per heavy atom. The first-order chi connectivity index (χ1) is 42.0. The fraction of sp³-hybridized carbons (Fsp3) is 0.233. The van der Waals surface area contributed by atoms with Gasteiger partial charge in [-0.1, -0.05) is 204 Å². The molecule has 2 heteroatoms. The smallest absolute Gasteiger partial charge is 0.0467 e. The average molecular weight is 1140 g/mol. The van der Waals surface area contributed by atoms with Crippen LogP contribution in [-0.4, -0.2) is 0 Å². The third-order valence-corrected chi connectivity index (χ3v) is 22.8. The Balaban J connectivity index is 0.798. The van der Waals surface area contributed by atoms with E-state index in [4.69, 9.17) is 0 Å². The molecule has 0 amide bonds. The number of hydrogen-bond donors (Lipinski definition) is 0. The average Bonchev–Trinajstić information content (AvgIpc) is 1.55. The minimum absolute atomic E-state index is 0.140. The van der Waals surface area contributed by atoms with Crippen LogP contribution in [0.1, 0.15) is 161 Å². The van der Waals surface area contributed by atoms with Crippen molar-refractivity contribution in [2.24, 2.45) is 0 Å². The molecule has 11 aromatic rings. The van der Waals surface area contributed by atoms with Gasteiger partial charge in [-0.2, -0.15) is 0 Å². The highest BCUT2D eigenvalue weighted by Gasteiger charge is 2.46. The minimum Gasteiger partial charge on any atom is -0.310 e. The molecule has 0 atom stereocenters. The molecule has 0 unspecified atom stereocenters. The van der Waals surface area contributed by atoms with E-state index in [-0.39, 0.29) is 32.5 Å². The summed E-state index contributed by atoms with van der Waals surface area (Å²) in [5.41, 5.74) is 41.5. The van der Waals surface area contributed by atoms with Crippen molar-refractivity contribution in [3.63, 3.8) is 0 Å². The van der Waals surface area contributed by atoms with Crippen LogP contribution in [-0.2, 0) is 32.5 Å². The van der Waals surface area contributed by atoms with E-state index in [1.54, 1.807) is 0 Å². The summed E-state index contributed by atoms with van der Waals surface area (Å²) in [6, 6.07) is 80.4. The van der Waals surface area contributed by atoms with E-state index in [1.165, 1.54) is 179 Å². The van der Waals surface area contributed by atoms with Gasteiger partial charge in [-0.15, -0.1) is 0 Å². The lowest BCUT2D eigenvalue weighted by atomic mass is 9.79. The lowest BCUT2D eigenvalue weighted by Gasteiger charge is -2.31. The summed E-state index contributed by atoms with van der Waals surface area (Å²) in [5, 5.41) is 0. The molecule has 11 aromatic carbocycles. The second kappa shape index (κ2) is 17.4. The highest BCUT2D eigenvalue weighted by molar-refractivity contribution is 5.97. The van der Waals surface area contributed by atoms with Gasteiger partial charge < -0.3 is 9.80 Å². The molecule has 17 rings (SSSR count). The Morgan fingerprint density at radius 2 is 0.409 bits per heavy atom. The molecule has 0 aliphatic heterocycles. The number of anilines is 6. The van der Waals surface area contributed by atoms with Gasteiger partial charge in [0, 0.05) is 66.6 Å². The number of fused-ring (bicyclic) bond motifs is 18. The normalized spacial score (nSPS) is 17.1. The predicted molar refractivity (Wildman–Crippen MR) is 371 cm³/mol. The topological polar surface area (TPSA) is 6.48 Å². The molecule has 0 fully saturated rings. The third-order valence-electron chi connectivity index (χ3n) is 22.8. The number of hydrogen-bond acceptors (Lipinski definition) is 2. The van der Waals surface area contributed by atoms with Crippen LogP contribution >= 0.6 is 0 Å². The van der Waals surface area contributed by atoms with Crippen molar-refractivity contribution in [2.75, 3.05) is 9.80 Å². The number of benzene rings is 11. The molecule has 0 aromatic heterocycles. The van der Waals surface area contributed by atoms with Crippen molar-refractivity contribution in [1.29, 1.82) is 0 Å². The summed E-state index contributed by atoms with van der Waals surface area (Å²) < 4.78 is 0. The third kappa shape index (κ3) is 6.84. The van der Waals surface area contributed by atoms with Crippen molar-refractivity contribution >= 4 is 34.1 Å². The van der Waals surface area contributed by atoms with E-state index >= 15 is 0 Å². The molecule has 0 bridgehead atoms. The molecule has 0 saturated heterocycles. The molecule has 0 saturated carbocycles. The van der Waals surface area contributed by atoms with Crippen LogP contribution in [0.3, 0.4) is 0 Å². The molecule has 6 aliphatic rings. The van der Waals surface area contributed by atoms with Crippen LogP contribution in [0, 0.1) is 13.8 Å². The second-order valence-electron chi connectivity index (χ2n) is 29.8. The van der Waals surface area contributed by atoms with Crippen LogP contribution in [0.25, 0.3) is 66.8 Å². The van der Waals surface area contributed by atoms with Crippen LogP contribution in [0.5, 0.6) is 0 Å². The van der Waals surface area contributed by atoms with Gasteiger partial charge >= 0.3 is 0 Å². The van der Waals surface area contributed by atoms with Gasteiger partial charge in [-0.25, -0.2) is 0 Å². The first-order valence-electron chi connectivity index (χ1n) is 32.1. The molecular weight excluding hydrogens is 1060 g/mol. The summed E-state index contributed by atoms with van der Waals surface area (Å²) in [5.74, 6) is 0. The Labute approximate surface area is 521 Å². The Bertz CT molecular complexity index is 4430. The SMILES string of the molecule is Cc1cc(N(c2ccc3c(c2)C(C)(C)c2ccccc2-3)c2ccc3c(c2)C(C)(C)c2ccccc2-3)cc2c1-c1cc3c(cc1C2(C)C)-c1c(C)cc(N(c2ccc4c(c2)C(C)(C)c2ccccc2-4)c2ccc4c(c2)C(C)(C)c2ccccc2-4)cc1C3(C)C. The summed E-state index contributed by atoms with van der Waals surface area (Å²) in [6.07, 6.45) is 0. The van der Waals surface area contributed by atoms with E-state index in [9.17, 15) is 0 Å². The molecule has 0 spiro atoms. The van der Waals surface area contributed by atoms with Gasteiger partial charge in [0.15, 0.2) is 0 Å². The number of aryl methyl sites for hydroxylation is 2. The zero-order valence-corrected chi connectivity index (χ0v) is 53.5. The van der Waals surface area contributed by atoms with Crippen LogP contribution in [0.15, 0.2) is 206 Å². The van der Waals surface area contributed by atoms with E-state index in [1.807, 2.05) is 0 Å². The molecule has 88 heavy (non-hydrogen) atoms. The van der Waals surface area contributed by atoms with Gasteiger partial charge in [0.25, 0.3) is 0 Å². The molecule has 2 nitrogen and oxygen atoms in total. The van der Waals surface area contributed by atoms with Crippen molar-refractivity contribution in [3.8, 4) is 66.8 Å². The lowest BCUT2D eigenvalue weighted by molar-refractivity contribution is 0.652. The summed E-state index contributed by atoms with van der Waals surface area (Å²) in [7, 11) is 0. The molecule has 6 aliphatic carbocycles. The van der Waals surface area contributed by atoms with E-state index in [0.717, 1.165) is 0 Å². The van der Waals surface area contributed by atoms with Gasteiger partial charge in [0.05, 0.1) is 0 Å². The molecular formula is C86H76N2. The Morgan fingerprint density at radius 3 is 0.682 bits per heavy atom. The van der Waals surface area contributed by atoms with Crippen molar-refractivity contribution < 1.29 is 0 Å². The van der Waals surface area contributed by atoms with Crippen molar-refractivity contribution in [3.05, 3.63) is 284 Å². The highest BCUT2D eigenvalue weighted by Crippen LogP contribution is 2.61. The first kappa shape index (κ1) is 53.3. The van der Waals surface area contributed by atoms with Crippen LogP contribution < -0.4 is 9.80 Å². The number of nitrogens with zero attached hydrogens (tertiary/aromatic N) is 2. The van der Waals surface area contributed by atoms with E-state index in [2.05, 4.69) is 313 Å². The standard InChI is InChI=1S/C86H76N2/c1-49-39-55(87(51-31-35-61-57-23-15-19-27-67(57)81(3,4)71(61)41-51)52-32-36-62-58-24-16-20-28-68(58)82(5,6)72(62)42-52)45-77-79(49)65-47-76-66(48-75(65)85(77,11)12)80-50(2)40-56(46-78(80)86(76,13)14)88(53-33-37-63-59-25-17-21-29-69(59)83(7,8)73(63)43-53)54-34-38-64-60-26-18-22-30-70(60)84(9,10)74(64)44-54/h15-48H,1-14H3. The van der Waals surface area contributed by atoms with Crippen molar-refractivity contribution in [1.82, 2.24) is 0 Å². The zero-order valence-electron chi connectivity index (χ0n) is 53.5. The Hall–Kier alpha value is -8.98. The Kier molecular flexibility index (Phi) is 10.5. The monoisotopic (exact) mass is 1140 g/mol. The largest absolute Gasteiger partial charge is 0.310 e. The summed E-state index contributed by atoms with van der Waals surface area (Å²) in [6.45, 7) is 33.8. The maximum Gasteiger partial charge on any atom is 0.0467 e. The zero-order chi connectivity index (χ0) is 60.7. The van der Waals surface area contributed by atoms with Gasteiger partial charge in [-0.05, 0) is 243 Å². The summed E-state index contributed by atoms with van der Waals surface area (Å²) >= 11 is 0. The van der Waals surface area contributed by atoms with Crippen molar-refractivity contribution in [2.45, 2.75) is 129 Å². The van der Waals surface area contributed by atoms with E-state index in [0.29, 0.717) is 0 Å². The van der Waals surface area contributed by atoms with Crippen LogP contribution in [0.4, 0.5) is 34.1 Å². The second-order valence-corrected chi connectivity index (χ2v) is 29.8. The summed E-state index contributed by atoms with van der Waals surface area (Å²) in [4.78, 5) is 5.14. The predicted octanol–water partition coefficient (Wildman–Crippen LogP) is 23.1. The minimum atomic E-state index is -0.283. The quantitative estimate of drug-likeness (QED) is 0.164. The maximum absolute atomic E-state index is 2.61. The maximum atomic E-state index is 2.61. The van der Waals surface area contributed by atoms with Gasteiger partial charge in [0.1, 0.15) is 0 Å². The van der Waals surface area contributed by atoms with Gasteiger partial charge in [-0.3, -0.25) is 0 Å². The highest BCUT2D eigenvalue weighted by atomic mass is 15.1. The first-order valence-corrected chi connectivity index (χ1v) is 32.1. The number of rotatable bonds is 6. The molecule has 0 N–H and O–H groups in total. The van der Waals surface area contributed by atoms with Crippen LogP contribution in [0.2, 0.25) is 0 Å². The fourth-order valence-corrected chi connectivity index (χ4v) is 18.1. The molecule has 0 radical (unpaired) electrons. The molecule has 430 valence electrons. The molecule has 0 heterocycles. The fourth-order valence-electron chi connectivity index (χ4n) is 18.1. The lowest BCUT2D eigenvalue weighted by Crippen LogP contribution is -2.19. The van der Waals surface area contributed by atoms with Gasteiger partial charge in [0.2, 0.25) is 0 Å².